The molecule has 20 heavy (non-hydrogen) atoms. The van der Waals surface area contributed by atoms with Crippen molar-refractivity contribution in [3.05, 3.63) is 29.1 Å². The fourth-order valence-electron chi connectivity index (χ4n) is 2.32. The number of carbonyl (C=O) groups excluding carboxylic acids is 2. The van der Waals surface area contributed by atoms with E-state index in [1.165, 1.54) is 11.0 Å². The molecule has 0 aliphatic carbocycles. The van der Waals surface area contributed by atoms with Gasteiger partial charge in [0.25, 0.3) is 11.7 Å². The maximum Gasteiger partial charge on any atom is 0.299 e. The van der Waals surface area contributed by atoms with Crippen molar-refractivity contribution in [2.45, 2.75) is 26.7 Å². The van der Waals surface area contributed by atoms with Gasteiger partial charge in [-0.3, -0.25) is 9.59 Å². The molecule has 108 valence electrons. The molecule has 0 bridgehead atoms. The van der Waals surface area contributed by atoms with Crippen LogP contribution in [0.5, 0.6) is 0 Å². The highest BCUT2D eigenvalue weighted by molar-refractivity contribution is 6.52. The molecule has 4 nitrogen and oxygen atoms in total. The molecule has 0 spiro atoms. The van der Waals surface area contributed by atoms with Crippen molar-refractivity contribution < 1.29 is 18.7 Å². The highest BCUT2D eigenvalue weighted by Crippen LogP contribution is 2.32. The number of Topliss-reactive ketones (excluding diaryl/α,β-unsaturated/α-hetero) is 1. The van der Waals surface area contributed by atoms with Gasteiger partial charge in [0.1, 0.15) is 5.82 Å². The minimum absolute atomic E-state index is 0.154. The van der Waals surface area contributed by atoms with Crippen LogP contribution < -0.4 is 4.90 Å². The molecule has 0 aromatic heterocycles. The Balaban J connectivity index is 2.12. The number of fused-ring (bicyclic) bond motifs is 1. The van der Waals surface area contributed by atoms with Gasteiger partial charge >= 0.3 is 0 Å². The smallest absolute Gasteiger partial charge is 0.299 e. The minimum atomic E-state index is -0.642. The molecular formula is C15H18FNO3. The molecule has 1 aromatic carbocycles. The Labute approximate surface area is 117 Å². The van der Waals surface area contributed by atoms with Crippen LogP contribution in [-0.2, 0) is 9.53 Å². The molecule has 5 heteroatoms. The van der Waals surface area contributed by atoms with Gasteiger partial charge in [0.05, 0.1) is 17.9 Å². The standard InChI is InChI=1S/C15H18FNO3/c1-3-4-6-20-7-5-17-13-10(2)8-11(16)9-12(13)14(18)15(17)19/h8-9H,3-7H2,1-2H3. The van der Waals surface area contributed by atoms with Crippen LogP contribution in [0, 0.1) is 12.7 Å². The average Bonchev–Trinajstić information content (AvgIpc) is 2.64. The number of unbranched alkanes of at least 4 members (excludes halogenated alkanes) is 1. The van der Waals surface area contributed by atoms with Crippen molar-refractivity contribution >= 4 is 17.4 Å². The first-order valence-electron chi connectivity index (χ1n) is 6.80. The number of amides is 1. The van der Waals surface area contributed by atoms with Crippen LogP contribution in [0.15, 0.2) is 12.1 Å². The number of aryl methyl sites for hydroxylation is 1. The highest BCUT2D eigenvalue weighted by Gasteiger charge is 2.37. The molecule has 1 amide bonds. The number of carbonyl (C=O) groups is 2. The molecule has 0 atom stereocenters. The van der Waals surface area contributed by atoms with E-state index in [0.717, 1.165) is 18.9 Å². The van der Waals surface area contributed by atoms with Gasteiger partial charge in [0.15, 0.2) is 0 Å². The van der Waals surface area contributed by atoms with Gasteiger partial charge in [-0.15, -0.1) is 0 Å². The molecular weight excluding hydrogens is 261 g/mol. The molecule has 0 radical (unpaired) electrons. The van der Waals surface area contributed by atoms with Gasteiger partial charge in [-0.25, -0.2) is 4.39 Å². The van der Waals surface area contributed by atoms with Gasteiger partial charge in [0.2, 0.25) is 0 Å². The summed E-state index contributed by atoms with van der Waals surface area (Å²) in [6.07, 6.45) is 2.01. The third-order valence-corrected chi connectivity index (χ3v) is 3.32. The van der Waals surface area contributed by atoms with Gasteiger partial charge in [-0.05, 0) is 31.0 Å². The number of hydrogen-bond donors (Lipinski definition) is 0. The van der Waals surface area contributed by atoms with E-state index < -0.39 is 17.5 Å². The predicted molar refractivity (Wildman–Crippen MR) is 73.5 cm³/mol. The van der Waals surface area contributed by atoms with Gasteiger partial charge in [-0.2, -0.15) is 0 Å². The molecule has 0 saturated carbocycles. The number of ketones is 1. The van der Waals surface area contributed by atoms with Crippen LogP contribution in [0.4, 0.5) is 10.1 Å². The van der Waals surface area contributed by atoms with Crippen LogP contribution in [0.2, 0.25) is 0 Å². The van der Waals surface area contributed by atoms with E-state index in [1.54, 1.807) is 6.92 Å². The Bertz CT molecular complexity index is 542. The predicted octanol–water partition coefficient (Wildman–Crippen LogP) is 2.48. The molecule has 1 heterocycles. The molecule has 0 saturated heterocycles. The van der Waals surface area contributed by atoms with Crippen LogP contribution in [-0.4, -0.2) is 31.4 Å². The zero-order valence-electron chi connectivity index (χ0n) is 11.7. The summed E-state index contributed by atoms with van der Waals surface area (Å²) in [6.45, 7) is 5.09. The van der Waals surface area contributed by atoms with Crippen LogP contribution in [0.1, 0.15) is 35.7 Å². The Morgan fingerprint density at radius 2 is 2.00 bits per heavy atom. The largest absolute Gasteiger partial charge is 0.380 e. The van der Waals surface area contributed by atoms with Crippen molar-refractivity contribution in [2.75, 3.05) is 24.7 Å². The zero-order valence-corrected chi connectivity index (χ0v) is 11.7. The maximum atomic E-state index is 13.3. The van der Waals surface area contributed by atoms with Crippen molar-refractivity contribution in [2.24, 2.45) is 0 Å². The minimum Gasteiger partial charge on any atom is -0.380 e. The summed E-state index contributed by atoms with van der Waals surface area (Å²) in [6, 6.07) is 2.45. The maximum absolute atomic E-state index is 13.3. The van der Waals surface area contributed by atoms with E-state index >= 15 is 0 Å². The van der Waals surface area contributed by atoms with Crippen LogP contribution >= 0.6 is 0 Å². The number of halogens is 1. The summed E-state index contributed by atoms with van der Waals surface area (Å²) in [5.74, 6) is -1.74. The number of rotatable bonds is 6. The number of anilines is 1. The molecule has 1 aliphatic heterocycles. The summed E-state index contributed by atoms with van der Waals surface area (Å²) in [7, 11) is 0. The average molecular weight is 279 g/mol. The van der Waals surface area contributed by atoms with E-state index in [4.69, 9.17) is 4.74 Å². The Hall–Kier alpha value is -1.75. The van der Waals surface area contributed by atoms with Gasteiger partial charge < -0.3 is 9.64 Å². The molecule has 1 aromatic rings. The van der Waals surface area contributed by atoms with Crippen molar-refractivity contribution in [1.82, 2.24) is 0 Å². The summed E-state index contributed by atoms with van der Waals surface area (Å²) >= 11 is 0. The van der Waals surface area contributed by atoms with Crippen molar-refractivity contribution in [3.63, 3.8) is 0 Å². The third kappa shape index (κ3) is 2.72. The summed E-state index contributed by atoms with van der Waals surface area (Å²) in [4.78, 5) is 25.2. The van der Waals surface area contributed by atoms with E-state index in [0.29, 0.717) is 31.0 Å². The highest BCUT2D eigenvalue weighted by atomic mass is 19.1. The second-order valence-electron chi connectivity index (χ2n) is 4.87. The van der Waals surface area contributed by atoms with Crippen molar-refractivity contribution in [3.8, 4) is 0 Å². The fourth-order valence-corrected chi connectivity index (χ4v) is 2.32. The van der Waals surface area contributed by atoms with E-state index in [-0.39, 0.29) is 5.56 Å². The first-order valence-corrected chi connectivity index (χ1v) is 6.80. The van der Waals surface area contributed by atoms with Crippen LogP contribution in [0.3, 0.4) is 0 Å². The summed E-state index contributed by atoms with van der Waals surface area (Å²) < 4.78 is 18.8. The number of benzene rings is 1. The Morgan fingerprint density at radius 3 is 2.70 bits per heavy atom. The normalized spacial score (nSPS) is 14.1. The second kappa shape index (κ2) is 6.13. The van der Waals surface area contributed by atoms with Gasteiger partial charge in [-0.1, -0.05) is 13.3 Å². The Morgan fingerprint density at radius 1 is 1.25 bits per heavy atom. The first-order chi connectivity index (χ1) is 9.56. The summed E-state index contributed by atoms with van der Waals surface area (Å²) in [5.41, 5.74) is 1.26. The molecule has 0 N–H and O–H groups in total. The van der Waals surface area contributed by atoms with Gasteiger partial charge in [0, 0.05) is 13.2 Å². The first kappa shape index (κ1) is 14.7. The summed E-state index contributed by atoms with van der Waals surface area (Å²) in [5, 5.41) is 0. The molecule has 0 fully saturated rings. The molecule has 2 rings (SSSR count). The Kier molecular flexibility index (Phi) is 4.49. The number of hydrogen-bond acceptors (Lipinski definition) is 3. The SMILES string of the molecule is CCCCOCCN1C(=O)C(=O)c2cc(F)cc(C)c21. The lowest BCUT2D eigenvalue weighted by atomic mass is 10.1. The van der Waals surface area contributed by atoms with E-state index in [2.05, 4.69) is 6.92 Å². The topological polar surface area (TPSA) is 46.6 Å². The zero-order chi connectivity index (χ0) is 14.7. The van der Waals surface area contributed by atoms with Crippen molar-refractivity contribution in [1.29, 1.82) is 0 Å². The van der Waals surface area contributed by atoms with Crippen LogP contribution in [0.25, 0.3) is 0 Å². The lowest BCUT2D eigenvalue weighted by Gasteiger charge is -2.18. The number of ether oxygens (including phenoxy) is 1. The second-order valence-corrected chi connectivity index (χ2v) is 4.87. The number of nitrogens with zero attached hydrogens (tertiary/aromatic N) is 1. The quantitative estimate of drug-likeness (QED) is 0.593. The third-order valence-electron chi connectivity index (χ3n) is 3.32. The molecule has 1 aliphatic rings. The lowest BCUT2D eigenvalue weighted by molar-refractivity contribution is -0.114. The van der Waals surface area contributed by atoms with E-state index in [1.807, 2.05) is 0 Å². The fraction of sp³-hybridized carbons (Fsp3) is 0.467. The van der Waals surface area contributed by atoms with E-state index in [9.17, 15) is 14.0 Å². The monoisotopic (exact) mass is 279 g/mol. The lowest BCUT2D eigenvalue weighted by Crippen LogP contribution is -2.33. The molecule has 0 unspecified atom stereocenters.